The van der Waals surface area contributed by atoms with Gasteiger partial charge in [0.25, 0.3) is 0 Å². The Kier molecular flexibility index (Phi) is 9.93. The first-order valence-corrected chi connectivity index (χ1v) is 10.7. The van der Waals surface area contributed by atoms with E-state index in [1.165, 1.54) is 32.1 Å². The largest absolute Gasteiger partial charge is 0.494 e. The molecule has 0 radical (unpaired) electrons. The summed E-state index contributed by atoms with van der Waals surface area (Å²) in [5.41, 5.74) is 0.724. The summed E-state index contributed by atoms with van der Waals surface area (Å²) in [5.74, 6) is 1.32. The summed E-state index contributed by atoms with van der Waals surface area (Å²) in [6.45, 7) is 6.12. The second-order valence-corrected chi connectivity index (χ2v) is 7.85. The molecule has 1 aromatic rings. The van der Waals surface area contributed by atoms with Gasteiger partial charge in [0.2, 0.25) is 0 Å². The number of ether oxygens (including phenoxy) is 2. The normalized spacial score (nSPS) is 23.0. The third-order valence-corrected chi connectivity index (χ3v) is 5.70. The molecule has 158 valence electrons. The van der Waals surface area contributed by atoms with E-state index in [0.717, 1.165) is 56.9 Å². The SMILES string of the molecule is CCCCCCCCOc1cccc(NC(=O)OC2CN3CCC2CC3)c1.Cl. The van der Waals surface area contributed by atoms with Crippen molar-refractivity contribution in [1.82, 2.24) is 4.90 Å². The molecule has 1 atom stereocenters. The van der Waals surface area contributed by atoms with Crippen LogP contribution in [0, 0.1) is 5.92 Å². The molecule has 3 heterocycles. The van der Waals surface area contributed by atoms with Gasteiger partial charge in [0, 0.05) is 18.3 Å². The van der Waals surface area contributed by atoms with Gasteiger partial charge in [-0.05, 0) is 50.4 Å². The third kappa shape index (κ3) is 7.17. The molecule has 0 aromatic heterocycles. The van der Waals surface area contributed by atoms with Gasteiger partial charge in [-0.25, -0.2) is 4.79 Å². The number of anilines is 1. The summed E-state index contributed by atoms with van der Waals surface area (Å²) in [6, 6.07) is 7.58. The number of halogens is 1. The molecule has 1 aromatic carbocycles. The number of fused-ring (bicyclic) bond motifs is 3. The van der Waals surface area contributed by atoms with Crippen LogP contribution in [-0.4, -0.2) is 43.3 Å². The van der Waals surface area contributed by atoms with Crippen LogP contribution in [0.2, 0.25) is 0 Å². The predicted molar refractivity (Wildman–Crippen MR) is 116 cm³/mol. The summed E-state index contributed by atoms with van der Waals surface area (Å²) in [6.07, 6.45) is 9.43. The molecule has 3 aliphatic heterocycles. The number of carbonyl (C=O) groups excluding carboxylic acids is 1. The third-order valence-electron chi connectivity index (χ3n) is 5.70. The second kappa shape index (κ2) is 12.2. The van der Waals surface area contributed by atoms with Gasteiger partial charge in [-0.1, -0.05) is 45.1 Å². The Morgan fingerprint density at radius 3 is 2.61 bits per heavy atom. The minimum absolute atomic E-state index is 0. The quantitative estimate of drug-likeness (QED) is 0.518. The second-order valence-electron chi connectivity index (χ2n) is 7.85. The van der Waals surface area contributed by atoms with Gasteiger partial charge in [0.1, 0.15) is 11.9 Å². The van der Waals surface area contributed by atoms with E-state index in [0.29, 0.717) is 5.92 Å². The van der Waals surface area contributed by atoms with E-state index in [4.69, 9.17) is 9.47 Å². The highest BCUT2D eigenvalue weighted by atomic mass is 35.5. The Balaban J connectivity index is 0.00000280. The van der Waals surface area contributed by atoms with Crippen molar-refractivity contribution < 1.29 is 14.3 Å². The molecule has 28 heavy (non-hydrogen) atoms. The molecule has 6 heteroatoms. The highest BCUT2D eigenvalue weighted by molar-refractivity contribution is 5.85. The average Bonchev–Trinajstić information content (AvgIpc) is 2.68. The molecule has 1 unspecified atom stereocenters. The van der Waals surface area contributed by atoms with Gasteiger partial charge < -0.3 is 9.47 Å². The first-order valence-electron chi connectivity index (χ1n) is 10.7. The molecule has 2 bridgehead atoms. The highest BCUT2D eigenvalue weighted by Gasteiger charge is 2.36. The first kappa shape index (κ1) is 22.8. The topological polar surface area (TPSA) is 50.8 Å². The van der Waals surface area contributed by atoms with Crippen LogP contribution in [-0.2, 0) is 4.74 Å². The molecule has 4 rings (SSSR count). The van der Waals surface area contributed by atoms with E-state index in [1.807, 2.05) is 24.3 Å². The average molecular weight is 411 g/mol. The van der Waals surface area contributed by atoms with Crippen LogP contribution in [0.5, 0.6) is 5.75 Å². The monoisotopic (exact) mass is 410 g/mol. The van der Waals surface area contributed by atoms with Crippen LogP contribution in [0.15, 0.2) is 24.3 Å². The predicted octanol–water partition coefficient (Wildman–Crippen LogP) is 5.49. The number of carbonyl (C=O) groups is 1. The molecule has 3 aliphatic rings. The van der Waals surface area contributed by atoms with Crippen LogP contribution in [0.1, 0.15) is 58.3 Å². The fraction of sp³-hybridized carbons (Fsp3) is 0.682. The molecule has 3 saturated heterocycles. The first-order chi connectivity index (χ1) is 13.2. The minimum Gasteiger partial charge on any atom is -0.494 e. The van der Waals surface area contributed by atoms with Crippen molar-refractivity contribution in [3.8, 4) is 5.75 Å². The Morgan fingerprint density at radius 2 is 1.89 bits per heavy atom. The molecule has 0 aliphatic carbocycles. The lowest BCUT2D eigenvalue weighted by molar-refractivity contribution is -0.0289. The number of rotatable bonds is 10. The summed E-state index contributed by atoms with van der Waals surface area (Å²) < 4.78 is 11.5. The van der Waals surface area contributed by atoms with Gasteiger partial charge in [0.15, 0.2) is 0 Å². The standard InChI is InChI=1S/C22H34N2O3.ClH/c1-2-3-4-5-6-7-15-26-20-10-8-9-19(16-20)23-22(25)27-21-17-24-13-11-18(21)12-14-24;/h8-10,16,18,21H,2-7,11-15,17H2,1H3,(H,23,25);1H. The van der Waals surface area contributed by atoms with E-state index >= 15 is 0 Å². The number of hydrogen-bond acceptors (Lipinski definition) is 4. The lowest BCUT2D eigenvalue weighted by Gasteiger charge is -2.43. The maximum absolute atomic E-state index is 12.3. The number of benzene rings is 1. The fourth-order valence-corrected chi connectivity index (χ4v) is 4.07. The summed E-state index contributed by atoms with van der Waals surface area (Å²) in [4.78, 5) is 14.6. The number of unbranched alkanes of at least 4 members (excludes halogenated alkanes) is 5. The minimum atomic E-state index is -0.359. The molecular weight excluding hydrogens is 376 g/mol. The van der Waals surface area contributed by atoms with Gasteiger partial charge >= 0.3 is 6.09 Å². The zero-order chi connectivity index (χ0) is 18.9. The number of amides is 1. The molecule has 1 amide bonds. The Labute approximate surface area is 175 Å². The molecule has 0 saturated carbocycles. The van der Waals surface area contributed by atoms with Crippen molar-refractivity contribution in [3.63, 3.8) is 0 Å². The lowest BCUT2D eigenvalue weighted by Crippen LogP contribution is -2.52. The Morgan fingerprint density at radius 1 is 1.14 bits per heavy atom. The molecular formula is C22H35ClN2O3. The lowest BCUT2D eigenvalue weighted by atomic mass is 9.86. The van der Waals surface area contributed by atoms with Gasteiger partial charge in [-0.3, -0.25) is 10.2 Å². The van der Waals surface area contributed by atoms with E-state index < -0.39 is 0 Å². The Bertz CT molecular complexity index is 591. The van der Waals surface area contributed by atoms with Crippen LogP contribution < -0.4 is 10.1 Å². The van der Waals surface area contributed by atoms with Gasteiger partial charge in [0.05, 0.1) is 6.61 Å². The maximum atomic E-state index is 12.3. The number of hydrogen-bond donors (Lipinski definition) is 1. The highest BCUT2D eigenvalue weighted by Crippen LogP contribution is 2.29. The zero-order valence-electron chi connectivity index (χ0n) is 17.0. The smallest absolute Gasteiger partial charge is 0.411 e. The molecule has 1 N–H and O–H groups in total. The van der Waals surface area contributed by atoms with Crippen molar-refractivity contribution in [2.45, 2.75) is 64.4 Å². The van der Waals surface area contributed by atoms with Crippen LogP contribution in [0.4, 0.5) is 10.5 Å². The van der Waals surface area contributed by atoms with Crippen molar-refractivity contribution in [3.05, 3.63) is 24.3 Å². The zero-order valence-corrected chi connectivity index (χ0v) is 17.8. The maximum Gasteiger partial charge on any atom is 0.411 e. The van der Waals surface area contributed by atoms with Crippen molar-refractivity contribution in [2.24, 2.45) is 5.92 Å². The van der Waals surface area contributed by atoms with Crippen molar-refractivity contribution in [1.29, 1.82) is 0 Å². The van der Waals surface area contributed by atoms with E-state index in [9.17, 15) is 4.79 Å². The van der Waals surface area contributed by atoms with Crippen LogP contribution in [0.3, 0.4) is 0 Å². The summed E-state index contributed by atoms with van der Waals surface area (Å²) >= 11 is 0. The summed E-state index contributed by atoms with van der Waals surface area (Å²) in [7, 11) is 0. The van der Waals surface area contributed by atoms with Gasteiger partial charge in [-0.15, -0.1) is 12.4 Å². The molecule has 0 spiro atoms. The van der Waals surface area contributed by atoms with Crippen LogP contribution >= 0.6 is 12.4 Å². The number of nitrogens with one attached hydrogen (secondary N) is 1. The van der Waals surface area contributed by atoms with Crippen molar-refractivity contribution in [2.75, 3.05) is 31.6 Å². The summed E-state index contributed by atoms with van der Waals surface area (Å²) in [5, 5.41) is 2.85. The number of piperidine rings is 3. The molecule has 3 fully saturated rings. The van der Waals surface area contributed by atoms with E-state index in [1.54, 1.807) is 0 Å². The van der Waals surface area contributed by atoms with Crippen molar-refractivity contribution >= 4 is 24.2 Å². The van der Waals surface area contributed by atoms with Gasteiger partial charge in [-0.2, -0.15) is 0 Å². The molecule has 5 nitrogen and oxygen atoms in total. The van der Waals surface area contributed by atoms with E-state index in [2.05, 4.69) is 17.1 Å². The Hall–Kier alpha value is -1.46. The van der Waals surface area contributed by atoms with E-state index in [-0.39, 0.29) is 24.6 Å². The van der Waals surface area contributed by atoms with Crippen LogP contribution in [0.25, 0.3) is 0 Å². The number of nitrogens with zero attached hydrogens (tertiary/aromatic N) is 1. The fourth-order valence-electron chi connectivity index (χ4n) is 4.07.